The van der Waals surface area contributed by atoms with Gasteiger partial charge in [0.25, 0.3) is 0 Å². The first-order valence-electron chi connectivity index (χ1n) is 8.14. The Morgan fingerprint density at radius 1 is 1.00 bits per heavy atom. The second kappa shape index (κ2) is 7.68. The van der Waals surface area contributed by atoms with Crippen molar-refractivity contribution >= 4 is 11.7 Å². The van der Waals surface area contributed by atoms with Gasteiger partial charge in [-0.15, -0.1) is 0 Å². The fourth-order valence-corrected chi connectivity index (χ4v) is 2.80. The number of carbonyl (C=O) groups excluding carboxylic acids is 1. The minimum Gasteiger partial charge on any atom is -0.489 e. The Morgan fingerprint density at radius 3 is 2.39 bits per heavy atom. The van der Waals surface area contributed by atoms with Crippen molar-refractivity contribution in [2.45, 2.75) is 38.3 Å². The second-order valence-electron chi connectivity index (χ2n) is 5.88. The minimum absolute atomic E-state index is 0.130. The summed E-state index contributed by atoms with van der Waals surface area (Å²) in [6.07, 6.45) is 4.58. The summed E-state index contributed by atoms with van der Waals surface area (Å²) in [5.41, 5.74) is 1.90. The molecule has 0 spiro atoms. The highest BCUT2D eigenvalue weighted by Gasteiger charge is 2.16. The molecule has 1 saturated carbocycles. The van der Waals surface area contributed by atoms with Crippen LogP contribution in [-0.2, 0) is 6.61 Å². The molecular formula is C19H22N2O2. The summed E-state index contributed by atoms with van der Waals surface area (Å²) >= 11 is 0. The molecule has 0 bridgehead atoms. The van der Waals surface area contributed by atoms with Crippen molar-refractivity contribution in [3.05, 3.63) is 60.2 Å². The Bertz CT molecular complexity index is 620. The molecule has 0 atom stereocenters. The average Bonchev–Trinajstić information content (AvgIpc) is 3.08. The van der Waals surface area contributed by atoms with Crippen LogP contribution < -0.4 is 15.4 Å². The van der Waals surface area contributed by atoms with Gasteiger partial charge in [-0.3, -0.25) is 0 Å². The number of hydrogen-bond acceptors (Lipinski definition) is 2. The van der Waals surface area contributed by atoms with Crippen LogP contribution in [-0.4, -0.2) is 12.1 Å². The minimum atomic E-state index is -0.130. The fourth-order valence-electron chi connectivity index (χ4n) is 2.80. The van der Waals surface area contributed by atoms with Crippen molar-refractivity contribution in [2.75, 3.05) is 5.32 Å². The van der Waals surface area contributed by atoms with Gasteiger partial charge in [-0.2, -0.15) is 0 Å². The summed E-state index contributed by atoms with van der Waals surface area (Å²) in [7, 11) is 0. The smallest absolute Gasteiger partial charge is 0.319 e. The maximum Gasteiger partial charge on any atom is 0.319 e. The molecular weight excluding hydrogens is 288 g/mol. The molecule has 4 heteroatoms. The molecule has 2 amide bonds. The monoisotopic (exact) mass is 310 g/mol. The largest absolute Gasteiger partial charge is 0.489 e. The van der Waals surface area contributed by atoms with Crippen LogP contribution in [0.25, 0.3) is 0 Å². The molecule has 1 aliphatic carbocycles. The zero-order chi connectivity index (χ0) is 15.9. The normalized spacial score (nSPS) is 14.4. The van der Waals surface area contributed by atoms with Crippen LogP contribution in [0.1, 0.15) is 31.2 Å². The quantitative estimate of drug-likeness (QED) is 0.863. The predicted molar refractivity (Wildman–Crippen MR) is 91.6 cm³/mol. The van der Waals surface area contributed by atoms with E-state index in [-0.39, 0.29) is 6.03 Å². The van der Waals surface area contributed by atoms with E-state index in [1.54, 1.807) is 0 Å². The van der Waals surface area contributed by atoms with Gasteiger partial charge < -0.3 is 15.4 Å². The molecule has 0 aliphatic heterocycles. The van der Waals surface area contributed by atoms with Crippen molar-refractivity contribution in [1.82, 2.24) is 5.32 Å². The molecule has 0 heterocycles. The van der Waals surface area contributed by atoms with Crippen LogP contribution >= 0.6 is 0 Å². The summed E-state index contributed by atoms with van der Waals surface area (Å²) in [4.78, 5) is 11.9. The van der Waals surface area contributed by atoms with Gasteiger partial charge in [0.15, 0.2) is 0 Å². The first-order chi connectivity index (χ1) is 11.3. The van der Waals surface area contributed by atoms with E-state index in [2.05, 4.69) is 10.6 Å². The number of urea groups is 1. The number of nitrogens with one attached hydrogen (secondary N) is 2. The van der Waals surface area contributed by atoms with Crippen LogP contribution in [0.3, 0.4) is 0 Å². The third-order valence-corrected chi connectivity index (χ3v) is 4.05. The summed E-state index contributed by atoms with van der Waals surface area (Å²) in [6, 6.07) is 17.7. The van der Waals surface area contributed by atoms with Crippen molar-refractivity contribution in [3.63, 3.8) is 0 Å². The maximum atomic E-state index is 11.9. The third-order valence-electron chi connectivity index (χ3n) is 4.05. The standard InChI is InChI=1S/C19H22N2O2/c22-19(20-16-8-4-5-9-16)21-17-10-12-18(13-11-17)23-14-15-6-2-1-3-7-15/h1-3,6-7,10-13,16H,4-5,8-9,14H2,(H2,20,21,22). The molecule has 0 saturated heterocycles. The Morgan fingerprint density at radius 2 is 1.70 bits per heavy atom. The van der Waals surface area contributed by atoms with Crippen molar-refractivity contribution < 1.29 is 9.53 Å². The van der Waals surface area contributed by atoms with E-state index < -0.39 is 0 Å². The SMILES string of the molecule is O=C(Nc1ccc(OCc2ccccc2)cc1)NC1CCCC1. The topological polar surface area (TPSA) is 50.4 Å². The second-order valence-corrected chi connectivity index (χ2v) is 5.88. The van der Waals surface area contributed by atoms with Gasteiger partial charge in [-0.05, 0) is 42.7 Å². The molecule has 1 fully saturated rings. The Balaban J connectivity index is 1.47. The van der Waals surface area contributed by atoms with E-state index in [0.29, 0.717) is 12.6 Å². The first-order valence-corrected chi connectivity index (χ1v) is 8.14. The van der Waals surface area contributed by atoms with Crippen LogP contribution in [0.2, 0.25) is 0 Å². The molecule has 0 aromatic heterocycles. The van der Waals surface area contributed by atoms with Gasteiger partial charge in [-0.1, -0.05) is 43.2 Å². The average molecular weight is 310 g/mol. The molecule has 0 unspecified atom stereocenters. The van der Waals surface area contributed by atoms with Gasteiger partial charge in [0.05, 0.1) is 0 Å². The highest BCUT2D eigenvalue weighted by Crippen LogP contribution is 2.19. The third kappa shape index (κ3) is 4.74. The van der Waals surface area contributed by atoms with Gasteiger partial charge in [0.1, 0.15) is 12.4 Å². The molecule has 2 N–H and O–H groups in total. The molecule has 3 rings (SSSR count). The molecule has 4 nitrogen and oxygen atoms in total. The first kappa shape index (κ1) is 15.4. The van der Waals surface area contributed by atoms with E-state index in [1.165, 1.54) is 12.8 Å². The number of benzene rings is 2. The van der Waals surface area contributed by atoms with Crippen LogP contribution in [0.5, 0.6) is 5.75 Å². The van der Waals surface area contributed by atoms with Gasteiger partial charge in [-0.25, -0.2) is 4.79 Å². The lowest BCUT2D eigenvalue weighted by Gasteiger charge is -2.13. The van der Waals surface area contributed by atoms with Crippen LogP contribution in [0.4, 0.5) is 10.5 Å². The number of hydrogen-bond donors (Lipinski definition) is 2. The fraction of sp³-hybridized carbons (Fsp3) is 0.316. The van der Waals surface area contributed by atoms with Crippen molar-refractivity contribution in [3.8, 4) is 5.75 Å². The summed E-state index contributed by atoms with van der Waals surface area (Å²) in [5, 5.41) is 5.87. The van der Waals surface area contributed by atoms with E-state index in [4.69, 9.17) is 4.74 Å². The Kier molecular flexibility index (Phi) is 5.14. The number of amides is 2. The van der Waals surface area contributed by atoms with Crippen molar-refractivity contribution in [2.24, 2.45) is 0 Å². The number of anilines is 1. The number of rotatable bonds is 5. The van der Waals surface area contributed by atoms with E-state index >= 15 is 0 Å². The zero-order valence-electron chi connectivity index (χ0n) is 13.1. The van der Waals surface area contributed by atoms with E-state index in [1.807, 2.05) is 54.6 Å². The maximum absolute atomic E-state index is 11.9. The highest BCUT2D eigenvalue weighted by atomic mass is 16.5. The lowest BCUT2D eigenvalue weighted by Crippen LogP contribution is -2.36. The molecule has 2 aromatic rings. The van der Waals surface area contributed by atoms with Crippen molar-refractivity contribution in [1.29, 1.82) is 0 Å². The lowest BCUT2D eigenvalue weighted by atomic mass is 10.2. The Labute approximate surface area is 136 Å². The van der Waals surface area contributed by atoms with Gasteiger partial charge >= 0.3 is 6.03 Å². The molecule has 1 aliphatic rings. The highest BCUT2D eigenvalue weighted by molar-refractivity contribution is 5.89. The van der Waals surface area contributed by atoms with Crippen LogP contribution in [0.15, 0.2) is 54.6 Å². The van der Waals surface area contributed by atoms with Gasteiger partial charge in [0.2, 0.25) is 0 Å². The molecule has 0 radical (unpaired) electrons. The summed E-state index contributed by atoms with van der Waals surface area (Å²) in [6.45, 7) is 0.537. The van der Waals surface area contributed by atoms with E-state index in [0.717, 1.165) is 29.8 Å². The molecule has 23 heavy (non-hydrogen) atoms. The summed E-state index contributed by atoms with van der Waals surface area (Å²) < 4.78 is 5.73. The number of ether oxygens (including phenoxy) is 1. The summed E-state index contributed by atoms with van der Waals surface area (Å²) in [5.74, 6) is 0.788. The van der Waals surface area contributed by atoms with Crippen LogP contribution in [0, 0.1) is 0 Å². The number of carbonyl (C=O) groups is 1. The molecule has 2 aromatic carbocycles. The Hall–Kier alpha value is -2.49. The van der Waals surface area contributed by atoms with Gasteiger partial charge in [0, 0.05) is 11.7 Å². The zero-order valence-corrected chi connectivity index (χ0v) is 13.1. The van der Waals surface area contributed by atoms with E-state index in [9.17, 15) is 4.79 Å². The molecule has 120 valence electrons. The lowest BCUT2D eigenvalue weighted by molar-refractivity contribution is 0.248. The predicted octanol–water partition coefficient (Wildman–Crippen LogP) is 4.33.